The molecule has 0 atom stereocenters. The molecule has 0 saturated heterocycles. The van der Waals surface area contributed by atoms with Gasteiger partial charge in [0.2, 0.25) is 5.91 Å². The molecule has 5 heteroatoms. The maximum atomic E-state index is 10.8. The number of hydrogen-bond acceptors (Lipinski definition) is 3. The molecular weight excluding hydrogens is 202 g/mol. The molecular formula is C9H12ClN3O. The van der Waals surface area contributed by atoms with Crippen molar-refractivity contribution in [3.8, 4) is 0 Å². The van der Waals surface area contributed by atoms with Gasteiger partial charge in [0.15, 0.2) is 0 Å². The smallest absolute Gasteiger partial charge is 0.236 e. The van der Waals surface area contributed by atoms with E-state index in [-0.39, 0.29) is 12.5 Å². The van der Waals surface area contributed by atoms with Gasteiger partial charge in [-0.25, -0.2) is 4.98 Å². The number of pyridine rings is 1. The molecule has 0 saturated carbocycles. The number of primary amides is 1. The number of amides is 1. The standard InChI is InChI=1S/C9H12ClN3O/c1-2-13(6-9(11)14)7-3-4-12-8(10)5-7/h3-5H,2,6H2,1H3,(H2,11,14). The van der Waals surface area contributed by atoms with Gasteiger partial charge in [0.1, 0.15) is 5.15 Å². The number of likely N-dealkylation sites (N-methyl/N-ethyl adjacent to an activating group) is 1. The second-order valence-corrected chi connectivity index (χ2v) is 3.20. The summed E-state index contributed by atoms with van der Waals surface area (Å²) < 4.78 is 0. The van der Waals surface area contributed by atoms with Crippen molar-refractivity contribution in [1.82, 2.24) is 4.98 Å². The molecule has 0 aliphatic carbocycles. The van der Waals surface area contributed by atoms with Crippen LogP contribution >= 0.6 is 11.6 Å². The van der Waals surface area contributed by atoms with Crippen molar-refractivity contribution in [3.05, 3.63) is 23.5 Å². The van der Waals surface area contributed by atoms with Crippen molar-refractivity contribution < 1.29 is 4.79 Å². The molecule has 4 nitrogen and oxygen atoms in total. The zero-order chi connectivity index (χ0) is 10.6. The quantitative estimate of drug-likeness (QED) is 0.761. The van der Waals surface area contributed by atoms with E-state index in [2.05, 4.69) is 4.98 Å². The summed E-state index contributed by atoms with van der Waals surface area (Å²) in [6.07, 6.45) is 1.60. The van der Waals surface area contributed by atoms with Crippen LogP contribution in [-0.2, 0) is 4.79 Å². The van der Waals surface area contributed by atoms with Crippen molar-refractivity contribution in [1.29, 1.82) is 0 Å². The number of aromatic nitrogens is 1. The average Bonchev–Trinajstić information content (AvgIpc) is 2.14. The van der Waals surface area contributed by atoms with E-state index in [0.717, 1.165) is 5.69 Å². The average molecular weight is 214 g/mol. The van der Waals surface area contributed by atoms with Crippen LogP contribution in [0.2, 0.25) is 5.15 Å². The molecule has 0 bridgehead atoms. The number of hydrogen-bond donors (Lipinski definition) is 1. The first kappa shape index (κ1) is 10.8. The first-order valence-electron chi connectivity index (χ1n) is 4.28. The normalized spacial score (nSPS) is 9.86. The molecule has 0 spiro atoms. The molecule has 0 aliphatic rings. The molecule has 0 unspecified atom stereocenters. The third-order valence-corrected chi connectivity index (χ3v) is 2.01. The minimum Gasteiger partial charge on any atom is -0.368 e. The van der Waals surface area contributed by atoms with Crippen molar-refractivity contribution >= 4 is 23.2 Å². The van der Waals surface area contributed by atoms with Gasteiger partial charge in [0.05, 0.1) is 6.54 Å². The van der Waals surface area contributed by atoms with E-state index in [9.17, 15) is 4.79 Å². The van der Waals surface area contributed by atoms with E-state index >= 15 is 0 Å². The van der Waals surface area contributed by atoms with Gasteiger partial charge >= 0.3 is 0 Å². The maximum absolute atomic E-state index is 10.8. The van der Waals surface area contributed by atoms with Gasteiger partial charge in [-0.1, -0.05) is 11.6 Å². The fourth-order valence-electron chi connectivity index (χ4n) is 1.16. The minimum atomic E-state index is -0.361. The number of nitrogens with zero attached hydrogens (tertiary/aromatic N) is 2. The molecule has 0 aliphatic heterocycles. The highest BCUT2D eigenvalue weighted by atomic mass is 35.5. The molecule has 0 fully saturated rings. The Morgan fingerprint density at radius 1 is 1.71 bits per heavy atom. The van der Waals surface area contributed by atoms with Crippen molar-refractivity contribution in [2.24, 2.45) is 5.73 Å². The second kappa shape index (κ2) is 4.81. The van der Waals surface area contributed by atoms with E-state index in [1.807, 2.05) is 11.8 Å². The minimum absolute atomic E-state index is 0.191. The number of nitrogens with two attached hydrogens (primary N) is 1. The molecule has 0 aromatic carbocycles. The monoisotopic (exact) mass is 213 g/mol. The van der Waals surface area contributed by atoms with Crippen LogP contribution in [0.4, 0.5) is 5.69 Å². The first-order chi connectivity index (χ1) is 6.63. The lowest BCUT2D eigenvalue weighted by atomic mass is 10.3. The lowest BCUT2D eigenvalue weighted by Crippen LogP contribution is -2.33. The van der Waals surface area contributed by atoms with Gasteiger partial charge in [0.25, 0.3) is 0 Å². The van der Waals surface area contributed by atoms with Crippen molar-refractivity contribution in [2.75, 3.05) is 18.0 Å². The summed E-state index contributed by atoms with van der Waals surface area (Å²) >= 11 is 5.73. The molecule has 14 heavy (non-hydrogen) atoms. The summed E-state index contributed by atoms with van der Waals surface area (Å²) in [5.74, 6) is -0.361. The Labute approximate surface area is 87.7 Å². The molecule has 1 amide bonds. The summed E-state index contributed by atoms with van der Waals surface area (Å²) in [5.41, 5.74) is 5.97. The molecule has 0 radical (unpaired) electrons. The number of anilines is 1. The SMILES string of the molecule is CCN(CC(N)=O)c1ccnc(Cl)c1. The lowest BCUT2D eigenvalue weighted by molar-refractivity contribution is -0.116. The van der Waals surface area contributed by atoms with Gasteiger partial charge in [-0.05, 0) is 19.1 Å². The highest BCUT2D eigenvalue weighted by Gasteiger charge is 2.07. The molecule has 1 aromatic rings. The summed E-state index contributed by atoms with van der Waals surface area (Å²) in [5, 5.41) is 0.408. The fourth-order valence-corrected chi connectivity index (χ4v) is 1.33. The van der Waals surface area contributed by atoms with Crippen LogP contribution in [0.25, 0.3) is 0 Å². The molecule has 1 aromatic heterocycles. The third-order valence-electron chi connectivity index (χ3n) is 1.80. The summed E-state index contributed by atoms with van der Waals surface area (Å²) in [4.78, 5) is 16.4. The van der Waals surface area contributed by atoms with Crippen LogP contribution in [0.5, 0.6) is 0 Å². The second-order valence-electron chi connectivity index (χ2n) is 2.82. The molecule has 2 N–H and O–H groups in total. The Hall–Kier alpha value is -1.29. The van der Waals surface area contributed by atoms with E-state index in [1.54, 1.807) is 18.3 Å². The molecule has 1 rings (SSSR count). The highest BCUT2D eigenvalue weighted by Crippen LogP contribution is 2.16. The first-order valence-corrected chi connectivity index (χ1v) is 4.66. The molecule has 76 valence electrons. The van der Waals surface area contributed by atoms with Crippen molar-refractivity contribution in [3.63, 3.8) is 0 Å². The topological polar surface area (TPSA) is 59.2 Å². The van der Waals surface area contributed by atoms with E-state index in [1.165, 1.54) is 0 Å². The van der Waals surface area contributed by atoms with Gasteiger partial charge in [-0.3, -0.25) is 4.79 Å². The van der Waals surface area contributed by atoms with E-state index < -0.39 is 0 Å². The highest BCUT2D eigenvalue weighted by molar-refractivity contribution is 6.29. The number of halogens is 1. The zero-order valence-electron chi connectivity index (χ0n) is 7.90. The summed E-state index contributed by atoms with van der Waals surface area (Å²) in [6.45, 7) is 2.83. The van der Waals surface area contributed by atoms with Crippen LogP contribution in [0.1, 0.15) is 6.92 Å². The van der Waals surface area contributed by atoms with E-state index in [0.29, 0.717) is 11.7 Å². The lowest BCUT2D eigenvalue weighted by Gasteiger charge is -2.20. The van der Waals surface area contributed by atoms with Gasteiger partial charge in [-0.2, -0.15) is 0 Å². The summed E-state index contributed by atoms with van der Waals surface area (Å²) in [7, 11) is 0. The van der Waals surface area contributed by atoms with Gasteiger partial charge < -0.3 is 10.6 Å². The Kier molecular flexibility index (Phi) is 3.71. The summed E-state index contributed by atoms with van der Waals surface area (Å²) in [6, 6.07) is 3.49. The largest absolute Gasteiger partial charge is 0.368 e. The Balaban J connectivity index is 2.83. The van der Waals surface area contributed by atoms with Gasteiger partial charge in [-0.15, -0.1) is 0 Å². The molecule has 1 heterocycles. The van der Waals surface area contributed by atoms with Crippen LogP contribution in [0, 0.1) is 0 Å². The predicted molar refractivity (Wildman–Crippen MR) is 56.3 cm³/mol. The van der Waals surface area contributed by atoms with Crippen LogP contribution in [0.15, 0.2) is 18.3 Å². The predicted octanol–water partition coefficient (Wildman–Crippen LogP) is 1.05. The number of carbonyl (C=O) groups is 1. The Morgan fingerprint density at radius 2 is 2.43 bits per heavy atom. The van der Waals surface area contributed by atoms with Crippen LogP contribution in [-0.4, -0.2) is 24.0 Å². The number of rotatable bonds is 4. The Bertz CT molecular complexity index is 330. The maximum Gasteiger partial charge on any atom is 0.236 e. The zero-order valence-corrected chi connectivity index (χ0v) is 8.66. The number of carbonyl (C=O) groups excluding carboxylic acids is 1. The van der Waals surface area contributed by atoms with Crippen LogP contribution < -0.4 is 10.6 Å². The van der Waals surface area contributed by atoms with Gasteiger partial charge in [0, 0.05) is 18.4 Å². The van der Waals surface area contributed by atoms with Crippen LogP contribution in [0.3, 0.4) is 0 Å². The fraction of sp³-hybridized carbons (Fsp3) is 0.333. The van der Waals surface area contributed by atoms with Crippen molar-refractivity contribution in [2.45, 2.75) is 6.92 Å². The Morgan fingerprint density at radius 3 is 2.93 bits per heavy atom. The third kappa shape index (κ3) is 2.88. The van der Waals surface area contributed by atoms with E-state index in [4.69, 9.17) is 17.3 Å².